The van der Waals surface area contributed by atoms with Crippen LogP contribution in [0.25, 0.3) is 0 Å². The van der Waals surface area contributed by atoms with E-state index < -0.39 is 0 Å². The second-order valence-electron chi connectivity index (χ2n) is 4.09. The van der Waals surface area contributed by atoms with E-state index in [1.54, 1.807) is 18.4 Å². The van der Waals surface area contributed by atoms with Gasteiger partial charge < -0.3 is 10.1 Å². The van der Waals surface area contributed by atoms with Gasteiger partial charge in [-0.1, -0.05) is 13.8 Å². The van der Waals surface area contributed by atoms with Gasteiger partial charge in [0.1, 0.15) is 5.01 Å². The standard InChI is InChI=1S/C12H22N2OS2/c1-10(2)16-9-12-14-11(8-17-12)4-5-13-6-7-15-3/h8,10,13H,4-7,9H2,1-3H3. The van der Waals surface area contributed by atoms with Gasteiger partial charge >= 0.3 is 0 Å². The van der Waals surface area contributed by atoms with Crippen LogP contribution in [0.5, 0.6) is 0 Å². The van der Waals surface area contributed by atoms with Gasteiger partial charge in [0.25, 0.3) is 0 Å². The van der Waals surface area contributed by atoms with Crippen molar-refractivity contribution < 1.29 is 4.74 Å². The Kier molecular flexibility index (Phi) is 7.84. The van der Waals surface area contributed by atoms with Crippen molar-refractivity contribution >= 4 is 23.1 Å². The summed E-state index contributed by atoms with van der Waals surface area (Å²) in [6.07, 6.45) is 1.01. The van der Waals surface area contributed by atoms with Gasteiger partial charge in [0.2, 0.25) is 0 Å². The van der Waals surface area contributed by atoms with Crippen molar-refractivity contribution in [2.45, 2.75) is 31.3 Å². The Hall–Kier alpha value is -0.100. The lowest BCUT2D eigenvalue weighted by atomic mass is 10.3. The molecule has 0 aromatic carbocycles. The Morgan fingerprint density at radius 3 is 3.00 bits per heavy atom. The summed E-state index contributed by atoms with van der Waals surface area (Å²) in [5.74, 6) is 1.04. The number of aromatic nitrogens is 1. The molecule has 98 valence electrons. The molecule has 0 bridgehead atoms. The van der Waals surface area contributed by atoms with Crippen LogP contribution in [-0.4, -0.2) is 37.0 Å². The first kappa shape index (κ1) is 15.0. The van der Waals surface area contributed by atoms with Crippen molar-refractivity contribution in [3.63, 3.8) is 0 Å². The average molecular weight is 274 g/mol. The molecule has 0 radical (unpaired) electrons. The summed E-state index contributed by atoms with van der Waals surface area (Å²) in [6, 6.07) is 0. The van der Waals surface area contributed by atoms with E-state index in [1.165, 1.54) is 10.7 Å². The first-order valence-electron chi connectivity index (χ1n) is 5.97. The second kappa shape index (κ2) is 8.91. The number of ether oxygens (including phenoxy) is 1. The van der Waals surface area contributed by atoms with Crippen molar-refractivity contribution in [2.75, 3.05) is 26.8 Å². The number of thioether (sulfide) groups is 1. The molecule has 1 aromatic heterocycles. The van der Waals surface area contributed by atoms with Crippen molar-refractivity contribution in [3.8, 4) is 0 Å². The van der Waals surface area contributed by atoms with Crippen LogP contribution in [0.3, 0.4) is 0 Å². The summed E-state index contributed by atoms with van der Waals surface area (Å²) in [7, 11) is 1.72. The van der Waals surface area contributed by atoms with Gasteiger partial charge in [-0.15, -0.1) is 11.3 Å². The fraction of sp³-hybridized carbons (Fsp3) is 0.750. The van der Waals surface area contributed by atoms with E-state index in [9.17, 15) is 0 Å². The molecule has 1 aromatic rings. The molecule has 0 saturated carbocycles. The molecule has 0 amide bonds. The van der Waals surface area contributed by atoms with E-state index >= 15 is 0 Å². The lowest BCUT2D eigenvalue weighted by Crippen LogP contribution is -2.21. The topological polar surface area (TPSA) is 34.1 Å². The fourth-order valence-electron chi connectivity index (χ4n) is 1.28. The van der Waals surface area contributed by atoms with Crippen molar-refractivity contribution in [1.82, 2.24) is 10.3 Å². The summed E-state index contributed by atoms with van der Waals surface area (Å²) < 4.78 is 4.97. The number of thiazole rings is 1. The predicted octanol–water partition coefficient (Wildman–Crippen LogP) is 2.56. The van der Waals surface area contributed by atoms with Crippen LogP contribution in [0, 0.1) is 0 Å². The van der Waals surface area contributed by atoms with Crippen molar-refractivity contribution in [1.29, 1.82) is 0 Å². The number of methoxy groups -OCH3 is 1. The zero-order valence-corrected chi connectivity index (χ0v) is 12.5. The summed E-state index contributed by atoms with van der Waals surface area (Å²) in [6.45, 7) is 7.10. The molecule has 17 heavy (non-hydrogen) atoms. The van der Waals surface area contributed by atoms with Crippen LogP contribution in [0.1, 0.15) is 24.5 Å². The van der Waals surface area contributed by atoms with Gasteiger partial charge in [-0.2, -0.15) is 11.8 Å². The van der Waals surface area contributed by atoms with Crippen molar-refractivity contribution in [3.05, 3.63) is 16.1 Å². The molecule has 0 fully saturated rings. The molecule has 0 aliphatic heterocycles. The summed E-state index contributed by atoms with van der Waals surface area (Å²) >= 11 is 3.72. The van der Waals surface area contributed by atoms with Gasteiger partial charge in [0.05, 0.1) is 12.3 Å². The highest BCUT2D eigenvalue weighted by molar-refractivity contribution is 7.99. The Balaban J connectivity index is 2.17. The molecule has 0 aliphatic rings. The Bertz CT molecular complexity index is 302. The maximum atomic E-state index is 4.97. The maximum Gasteiger partial charge on any atom is 0.103 e. The first-order chi connectivity index (χ1) is 8.22. The summed E-state index contributed by atoms with van der Waals surface area (Å²) in [4.78, 5) is 4.63. The average Bonchev–Trinajstić information content (AvgIpc) is 2.74. The smallest absolute Gasteiger partial charge is 0.103 e. The van der Waals surface area contributed by atoms with E-state index in [1.807, 2.05) is 11.8 Å². The van der Waals surface area contributed by atoms with Crippen LogP contribution in [0.2, 0.25) is 0 Å². The van der Waals surface area contributed by atoms with Crippen LogP contribution >= 0.6 is 23.1 Å². The molecule has 1 rings (SSSR count). The summed E-state index contributed by atoms with van der Waals surface area (Å²) in [5, 5.41) is 7.43. The quantitative estimate of drug-likeness (QED) is 0.702. The zero-order valence-electron chi connectivity index (χ0n) is 10.9. The van der Waals surface area contributed by atoms with Gasteiger partial charge in [-0.25, -0.2) is 4.98 Å². The molecule has 3 nitrogen and oxygen atoms in total. The van der Waals surface area contributed by atoms with Crippen LogP contribution in [0.4, 0.5) is 0 Å². The van der Waals surface area contributed by atoms with Crippen LogP contribution in [-0.2, 0) is 16.9 Å². The minimum Gasteiger partial charge on any atom is -0.383 e. The van der Waals surface area contributed by atoms with E-state index in [0.717, 1.165) is 31.9 Å². The SMILES string of the molecule is COCCNCCc1csc(CSC(C)C)n1. The number of nitrogens with zero attached hydrogens (tertiary/aromatic N) is 1. The number of nitrogens with one attached hydrogen (secondary N) is 1. The number of hydrogen-bond donors (Lipinski definition) is 1. The van der Waals surface area contributed by atoms with E-state index in [0.29, 0.717) is 5.25 Å². The van der Waals surface area contributed by atoms with Crippen LogP contribution < -0.4 is 5.32 Å². The highest BCUT2D eigenvalue weighted by Gasteiger charge is 2.03. The molecule has 0 aliphatic carbocycles. The number of hydrogen-bond acceptors (Lipinski definition) is 5. The molecule has 0 saturated heterocycles. The molecule has 0 spiro atoms. The third-order valence-electron chi connectivity index (χ3n) is 2.18. The molecule has 0 atom stereocenters. The molecular formula is C12H22N2OS2. The van der Waals surface area contributed by atoms with E-state index in [4.69, 9.17) is 4.74 Å². The predicted molar refractivity (Wildman–Crippen MR) is 77.0 cm³/mol. The molecule has 5 heteroatoms. The Morgan fingerprint density at radius 1 is 1.47 bits per heavy atom. The van der Waals surface area contributed by atoms with Crippen LogP contribution in [0.15, 0.2) is 5.38 Å². The van der Waals surface area contributed by atoms with E-state index in [2.05, 4.69) is 29.5 Å². The summed E-state index contributed by atoms with van der Waals surface area (Å²) in [5.41, 5.74) is 1.21. The largest absolute Gasteiger partial charge is 0.383 e. The molecule has 1 heterocycles. The molecule has 0 unspecified atom stereocenters. The monoisotopic (exact) mass is 274 g/mol. The van der Waals surface area contributed by atoms with Gasteiger partial charge in [-0.05, 0) is 5.25 Å². The number of rotatable bonds is 9. The Labute approximate surface area is 112 Å². The van der Waals surface area contributed by atoms with Gasteiger partial charge in [-0.3, -0.25) is 0 Å². The lowest BCUT2D eigenvalue weighted by Gasteiger charge is -2.02. The minimum atomic E-state index is 0.679. The Morgan fingerprint density at radius 2 is 2.29 bits per heavy atom. The first-order valence-corrected chi connectivity index (χ1v) is 7.89. The van der Waals surface area contributed by atoms with Gasteiger partial charge in [0.15, 0.2) is 0 Å². The maximum absolute atomic E-state index is 4.97. The molecular weight excluding hydrogens is 252 g/mol. The third kappa shape index (κ3) is 7.03. The third-order valence-corrected chi connectivity index (χ3v) is 4.37. The normalized spacial score (nSPS) is 11.3. The van der Waals surface area contributed by atoms with Crippen molar-refractivity contribution in [2.24, 2.45) is 0 Å². The fourth-order valence-corrected chi connectivity index (χ4v) is 2.91. The zero-order chi connectivity index (χ0) is 12.5. The lowest BCUT2D eigenvalue weighted by molar-refractivity contribution is 0.199. The highest BCUT2D eigenvalue weighted by atomic mass is 32.2. The molecule has 1 N–H and O–H groups in total. The minimum absolute atomic E-state index is 0.679. The second-order valence-corrected chi connectivity index (χ2v) is 6.59. The van der Waals surface area contributed by atoms with E-state index in [-0.39, 0.29) is 0 Å². The highest BCUT2D eigenvalue weighted by Crippen LogP contribution is 2.20. The van der Waals surface area contributed by atoms with Gasteiger partial charge in [0, 0.05) is 37.8 Å².